The Morgan fingerprint density at radius 1 is 1.35 bits per heavy atom. The molecule has 0 bridgehead atoms. The van der Waals surface area contributed by atoms with E-state index in [1.165, 1.54) is 6.07 Å². The van der Waals surface area contributed by atoms with Crippen LogP contribution in [-0.4, -0.2) is 44.2 Å². The molecule has 20 heavy (non-hydrogen) atoms. The highest BCUT2D eigenvalue weighted by molar-refractivity contribution is 5.21. The van der Waals surface area contributed by atoms with Gasteiger partial charge in [0.2, 0.25) is 0 Å². The normalized spacial score (nSPS) is 17.9. The van der Waals surface area contributed by atoms with Gasteiger partial charge >= 0.3 is 0 Å². The summed E-state index contributed by atoms with van der Waals surface area (Å²) >= 11 is 0. The molecule has 3 nitrogen and oxygen atoms in total. The maximum Gasteiger partial charge on any atom is 0.127 e. The summed E-state index contributed by atoms with van der Waals surface area (Å²) in [7, 11) is 0. The SMILES string of the molecule is C=CCC(NCCN1CCNCC1)c1ccccc1F. The summed E-state index contributed by atoms with van der Waals surface area (Å²) in [6.07, 6.45) is 2.58. The van der Waals surface area contributed by atoms with Crippen LogP contribution in [0.25, 0.3) is 0 Å². The molecule has 4 heteroatoms. The molecule has 2 N–H and O–H groups in total. The van der Waals surface area contributed by atoms with Crippen LogP contribution in [0.2, 0.25) is 0 Å². The van der Waals surface area contributed by atoms with Crippen LogP contribution in [0.4, 0.5) is 4.39 Å². The molecule has 0 saturated carbocycles. The van der Waals surface area contributed by atoms with E-state index in [4.69, 9.17) is 0 Å². The molecule has 110 valence electrons. The highest BCUT2D eigenvalue weighted by atomic mass is 19.1. The molecule has 0 amide bonds. The van der Waals surface area contributed by atoms with Crippen LogP contribution < -0.4 is 10.6 Å². The Hall–Kier alpha value is -1.23. The van der Waals surface area contributed by atoms with Gasteiger partial charge < -0.3 is 10.6 Å². The first-order valence-electron chi connectivity index (χ1n) is 7.33. The molecular weight excluding hydrogens is 253 g/mol. The minimum Gasteiger partial charge on any atom is -0.314 e. The van der Waals surface area contributed by atoms with Crippen molar-refractivity contribution in [2.75, 3.05) is 39.3 Å². The Kier molecular flexibility index (Phi) is 6.18. The first kappa shape index (κ1) is 15.2. The molecule has 1 heterocycles. The first-order chi connectivity index (χ1) is 9.81. The lowest BCUT2D eigenvalue weighted by molar-refractivity contribution is 0.238. The Labute approximate surface area is 120 Å². The topological polar surface area (TPSA) is 27.3 Å². The second-order valence-electron chi connectivity index (χ2n) is 5.14. The van der Waals surface area contributed by atoms with Crippen molar-refractivity contribution in [1.82, 2.24) is 15.5 Å². The molecule has 1 aliphatic heterocycles. The lowest BCUT2D eigenvalue weighted by Crippen LogP contribution is -2.46. The average molecular weight is 277 g/mol. The fourth-order valence-corrected chi connectivity index (χ4v) is 2.58. The smallest absolute Gasteiger partial charge is 0.127 e. The number of rotatable bonds is 7. The van der Waals surface area contributed by atoms with Gasteiger partial charge in [0.25, 0.3) is 0 Å². The van der Waals surface area contributed by atoms with Crippen LogP contribution in [0.15, 0.2) is 36.9 Å². The second kappa shape index (κ2) is 8.15. The highest BCUT2D eigenvalue weighted by Gasteiger charge is 2.14. The van der Waals surface area contributed by atoms with Crippen LogP contribution in [0, 0.1) is 5.82 Å². The van der Waals surface area contributed by atoms with Gasteiger partial charge in [-0.1, -0.05) is 24.3 Å². The molecule has 0 aliphatic carbocycles. The van der Waals surface area contributed by atoms with Crippen LogP contribution >= 0.6 is 0 Å². The first-order valence-corrected chi connectivity index (χ1v) is 7.33. The van der Waals surface area contributed by atoms with Gasteiger partial charge in [-0.05, 0) is 12.5 Å². The molecule has 0 aromatic heterocycles. The summed E-state index contributed by atoms with van der Waals surface area (Å²) in [6, 6.07) is 6.98. The maximum absolute atomic E-state index is 13.9. The van der Waals surface area contributed by atoms with E-state index < -0.39 is 0 Å². The number of nitrogens with zero attached hydrogens (tertiary/aromatic N) is 1. The van der Waals surface area contributed by atoms with Crippen molar-refractivity contribution < 1.29 is 4.39 Å². The van der Waals surface area contributed by atoms with Crippen molar-refractivity contribution in [1.29, 1.82) is 0 Å². The van der Waals surface area contributed by atoms with Gasteiger partial charge in [-0.15, -0.1) is 6.58 Å². The lowest BCUT2D eigenvalue weighted by Gasteiger charge is -2.28. The minimum absolute atomic E-state index is 0.0108. The number of hydrogen-bond acceptors (Lipinski definition) is 3. The molecule has 0 spiro atoms. The predicted molar refractivity (Wildman–Crippen MR) is 81.3 cm³/mol. The molecule has 1 aromatic rings. The molecule has 1 atom stereocenters. The number of nitrogens with one attached hydrogen (secondary N) is 2. The van der Waals surface area contributed by atoms with E-state index in [0.717, 1.165) is 51.3 Å². The standard InChI is InChI=1S/C16H24FN3/c1-2-5-16(14-6-3-4-7-15(14)17)19-10-13-20-11-8-18-9-12-20/h2-4,6-7,16,18-19H,1,5,8-13H2. The highest BCUT2D eigenvalue weighted by Crippen LogP contribution is 2.20. The van der Waals surface area contributed by atoms with Crippen LogP contribution in [0.3, 0.4) is 0 Å². The largest absolute Gasteiger partial charge is 0.314 e. The van der Waals surface area contributed by atoms with Gasteiger partial charge in [0.15, 0.2) is 0 Å². The van der Waals surface area contributed by atoms with Crippen molar-refractivity contribution in [2.24, 2.45) is 0 Å². The average Bonchev–Trinajstić information content (AvgIpc) is 2.48. The monoisotopic (exact) mass is 277 g/mol. The zero-order chi connectivity index (χ0) is 14.2. The Morgan fingerprint density at radius 2 is 2.10 bits per heavy atom. The third-order valence-electron chi connectivity index (χ3n) is 3.71. The number of benzene rings is 1. The fourth-order valence-electron chi connectivity index (χ4n) is 2.58. The summed E-state index contributed by atoms with van der Waals surface area (Å²) in [4.78, 5) is 2.43. The molecule has 0 radical (unpaired) electrons. The van der Waals surface area contributed by atoms with E-state index >= 15 is 0 Å². The van der Waals surface area contributed by atoms with Crippen molar-refractivity contribution in [3.05, 3.63) is 48.3 Å². The summed E-state index contributed by atoms with van der Waals surface area (Å²) in [6.45, 7) is 9.94. The number of halogens is 1. The van der Waals surface area contributed by atoms with Crippen LogP contribution in [0.5, 0.6) is 0 Å². The molecule has 1 saturated heterocycles. The maximum atomic E-state index is 13.9. The molecule has 1 unspecified atom stereocenters. The van der Waals surface area contributed by atoms with Gasteiger partial charge in [0.05, 0.1) is 0 Å². The van der Waals surface area contributed by atoms with Crippen LogP contribution in [-0.2, 0) is 0 Å². The van der Waals surface area contributed by atoms with E-state index in [1.54, 1.807) is 6.07 Å². The zero-order valence-electron chi connectivity index (χ0n) is 11.9. The summed E-state index contributed by atoms with van der Waals surface area (Å²) in [5, 5.41) is 6.79. The number of hydrogen-bond donors (Lipinski definition) is 2. The Morgan fingerprint density at radius 3 is 2.80 bits per heavy atom. The molecule has 1 aliphatic rings. The van der Waals surface area contributed by atoms with E-state index in [9.17, 15) is 4.39 Å². The van der Waals surface area contributed by atoms with Crippen molar-refractivity contribution in [2.45, 2.75) is 12.5 Å². The molecule has 2 rings (SSSR count). The van der Waals surface area contributed by atoms with Crippen molar-refractivity contribution in [3.63, 3.8) is 0 Å². The third-order valence-corrected chi connectivity index (χ3v) is 3.71. The van der Waals surface area contributed by atoms with Gasteiger partial charge in [-0.3, -0.25) is 4.90 Å². The minimum atomic E-state index is -0.144. The molecule has 1 fully saturated rings. The summed E-state index contributed by atoms with van der Waals surface area (Å²) in [5.41, 5.74) is 0.729. The molecular formula is C16H24FN3. The summed E-state index contributed by atoms with van der Waals surface area (Å²) < 4.78 is 13.9. The summed E-state index contributed by atoms with van der Waals surface area (Å²) in [5.74, 6) is -0.144. The Balaban J connectivity index is 1.86. The lowest BCUT2D eigenvalue weighted by atomic mass is 10.0. The fraction of sp³-hybridized carbons (Fsp3) is 0.500. The van der Waals surface area contributed by atoms with Crippen LogP contribution in [0.1, 0.15) is 18.0 Å². The number of piperazine rings is 1. The van der Waals surface area contributed by atoms with E-state index in [1.807, 2.05) is 18.2 Å². The van der Waals surface area contributed by atoms with Gasteiger partial charge in [-0.2, -0.15) is 0 Å². The zero-order valence-corrected chi connectivity index (χ0v) is 11.9. The van der Waals surface area contributed by atoms with Gasteiger partial charge in [-0.25, -0.2) is 4.39 Å². The third kappa shape index (κ3) is 4.40. The molecule has 1 aromatic carbocycles. The van der Waals surface area contributed by atoms with E-state index in [2.05, 4.69) is 22.1 Å². The van der Waals surface area contributed by atoms with Crippen molar-refractivity contribution >= 4 is 0 Å². The predicted octanol–water partition coefficient (Wildman–Crippen LogP) is 1.94. The van der Waals surface area contributed by atoms with Crippen molar-refractivity contribution in [3.8, 4) is 0 Å². The van der Waals surface area contributed by atoms with E-state index in [0.29, 0.717) is 0 Å². The van der Waals surface area contributed by atoms with E-state index in [-0.39, 0.29) is 11.9 Å². The van der Waals surface area contributed by atoms with Gasteiger partial charge in [0, 0.05) is 50.9 Å². The second-order valence-corrected chi connectivity index (χ2v) is 5.14. The van der Waals surface area contributed by atoms with Gasteiger partial charge in [0.1, 0.15) is 5.82 Å². The Bertz CT molecular complexity index is 416. The quantitative estimate of drug-likeness (QED) is 0.746.